The quantitative estimate of drug-likeness (QED) is 0.562. The fraction of sp³-hybridized carbons (Fsp3) is 0.846. The number of carbonyl (C=O) groups excluding carboxylic acids is 1. The zero-order valence-electron chi connectivity index (χ0n) is 11.8. The molecular formula is C13H24O5. The van der Waals surface area contributed by atoms with Gasteiger partial charge < -0.3 is 14.9 Å². The fourth-order valence-electron chi connectivity index (χ4n) is 1.23. The Labute approximate surface area is 108 Å². The molecule has 0 aromatic heterocycles. The van der Waals surface area contributed by atoms with Crippen molar-refractivity contribution < 1.29 is 24.5 Å². The molecule has 0 saturated heterocycles. The standard InChI is InChI=1S/C13H24O5/c1-9(6-7-12(2,3)4)18-11(17)13(5,8-14)10(15)16/h9,14H,6-8H2,1-5H3,(H,15,16). The van der Waals surface area contributed by atoms with Crippen molar-refractivity contribution in [3.63, 3.8) is 0 Å². The van der Waals surface area contributed by atoms with Crippen LogP contribution in [0.4, 0.5) is 0 Å². The highest BCUT2D eigenvalue weighted by Crippen LogP contribution is 2.24. The average Bonchev–Trinajstić information content (AvgIpc) is 2.23. The Morgan fingerprint density at radius 3 is 2.06 bits per heavy atom. The van der Waals surface area contributed by atoms with Crippen LogP contribution >= 0.6 is 0 Å². The molecule has 2 unspecified atom stereocenters. The zero-order chi connectivity index (χ0) is 14.6. The van der Waals surface area contributed by atoms with E-state index in [1.165, 1.54) is 0 Å². The number of aliphatic hydroxyl groups is 1. The molecule has 0 heterocycles. The Bertz CT molecular complexity index is 305. The second-order valence-electron chi connectivity index (χ2n) is 6.11. The zero-order valence-corrected chi connectivity index (χ0v) is 11.8. The first-order valence-corrected chi connectivity index (χ1v) is 6.08. The van der Waals surface area contributed by atoms with Crippen molar-refractivity contribution >= 4 is 11.9 Å². The summed E-state index contributed by atoms with van der Waals surface area (Å²) in [6.07, 6.45) is 1.17. The number of aliphatic carboxylic acids is 1. The molecule has 0 aliphatic heterocycles. The normalized spacial score (nSPS) is 16.8. The second-order valence-corrected chi connectivity index (χ2v) is 6.11. The van der Waals surface area contributed by atoms with Crippen molar-refractivity contribution in [1.82, 2.24) is 0 Å². The first-order chi connectivity index (χ1) is 8.03. The maximum Gasteiger partial charge on any atom is 0.325 e. The molecule has 0 spiro atoms. The minimum absolute atomic E-state index is 0.133. The molecule has 0 radical (unpaired) electrons. The van der Waals surface area contributed by atoms with E-state index in [-0.39, 0.29) is 11.5 Å². The van der Waals surface area contributed by atoms with Gasteiger partial charge in [-0.3, -0.25) is 9.59 Å². The van der Waals surface area contributed by atoms with Gasteiger partial charge in [0.05, 0.1) is 12.7 Å². The summed E-state index contributed by atoms with van der Waals surface area (Å²) in [5.41, 5.74) is -1.75. The van der Waals surface area contributed by atoms with E-state index in [1.807, 2.05) is 0 Å². The monoisotopic (exact) mass is 260 g/mol. The smallest absolute Gasteiger partial charge is 0.325 e. The van der Waals surface area contributed by atoms with Gasteiger partial charge in [-0.15, -0.1) is 0 Å². The summed E-state index contributed by atoms with van der Waals surface area (Å²) >= 11 is 0. The molecule has 0 aromatic rings. The van der Waals surface area contributed by atoms with Crippen LogP contribution in [0.25, 0.3) is 0 Å². The van der Waals surface area contributed by atoms with E-state index in [4.69, 9.17) is 14.9 Å². The highest BCUT2D eigenvalue weighted by atomic mass is 16.5. The van der Waals surface area contributed by atoms with Crippen molar-refractivity contribution in [2.24, 2.45) is 10.8 Å². The summed E-state index contributed by atoms with van der Waals surface area (Å²) in [6, 6.07) is 0. The minimum Gasteiger partial charge on any atom is -0.480 e. The number of rotatable bonds is 6. The summed E-state index contributed by atoms with van der Waals surface area (Å²) in [7, 11) is 0. The molecule has 0 rings (SSSR count). The van der Waals surface area contributed by atoms with Crippen molar-refractivity contribution in [2.75, 3.05) is 6.61 Å². The van der Waals surface area contributed by atoms with Gasteiger partial charge >= 0.3 is 11.9 Å². The third-order valence-electron chi connectivity index (χ3n) is 2.85. The molecule has 5 heteroatoms. The number of hydrogen-bond donors (Lipinski definition) is 2. The molecule has 0 fully saturated rings. The molecule has 0 bridgehead atoms. The average molecular weight is 260 g/mol. The van der Waals surface area contributed by atoms with Crippen LogP contribution in [0, 0.1) is 10.8 Å². The van der Waals surface area contributed by atoms with Crippen LogP contribution in [-0.2, 0) is 14.3 Å². The number of carboxylic acids is 1. The van der Waals surface area contributed by atoms with E-state index < -0.39 is 24.0 Å². The van der Waals surface area contributed by atoms with Crippen molar-refractivity contribution in [3.05, 3.63) is 0 Å². The molecule has 18 heavy (non-hydrogen) atoms. The Kier molecular flexibility index (Phi) is 5.80. The molecule has 106 valence electrons. The van der Waals surface area contributed by atoms with Crippen LogP contribution in [0.1, 0.15) is 47.5 Å². The van der Waals surface area contributed by atoms with Gasteiger partial charge in [0, 0.05) is 0 Å². The first-order valence-electron chi connectivity index (χ1n) is 6.08. The Balaban J connectivity index is 4.43. The van der Waals surface area contributed by atoms with Crippen molar-refractivity contribution in [2.45, 2.75) is 53.6 Å². The van der Waals surface area contributed by atoms with Gasteiger partial charge in [-0.25, -0.2) is 0 Å². The number of ether oxygens (including phenoxy) is 1. The lowest BCUT2D eigenvalue weighted by atomic mass is 9.89. The molecule has 2 N–H and O–H groups in total. The van der Waals surface area contributed by atoms with Gasteiger partial charge in [-0.05, 0) is 32.1 Å². The van der Waals surface area contributed by atoms with Crippen LogP contribution < -0.4 is 0 Å². The number of hydrogen-bond acceptors (Lipinski definition) is 4. The van der Waals surface area contributed by atoms with Crippen LogP contribution in [-0.4, -0.2) is 34.9 Å². The van der Waals surface area contributed by atoms with E-state index >= 15 is 0 Å². The maximum absolute atomic E-state index is 11.7. The molecular weight excluding hydrogens is 236 g/mol. The molecule has 5 nitrogen and oxygen atoms in total. The van der Waals surface area contributed by atoms with E-state index in [9.17, 15) is 9.59 Å². The highest BCUT2D eigenvalue weighted by Gasteiger charge is 2.43. The van der Waals surface area contributed by atoms with Crippen molar-refractivity contribution in [3.8, 4) is 0 Å². The van der Waals surface area contributed by atoms with Crippen LogP contribution in [0.15, 0.2) is 0 Å². The number of carbonyl (C=O) groups is 2. The third kappa shape index (κ3) is 5.04. The summed E-state index contributed by atoms with van der Waals surface area (Å²) < 4.78 is 5.08. The van der Waals surface area contributed by atoms with Gasteiger partial charge in [0.15, 0.2) is 5.41 Å². The fourth-order valence-corrected chi connectivity index (χ4v) is 1.23. The Hall–Kier alpha value is -1.10. The van der Waals surface area contributed by atoms with E-state index in [0.717, 1.165) is 13.3 Å². The Morgan fingerprint density at radius 1 is 1.22 bits per heavy atom. The molecule has 0 amide bonds. The van der Waals surface area contributed by atoms with Crippen LogP contribution in [0.3, 0.4) is 0 Å². The van der Waals surface area contributed by atoms with E-state index in [1.54, 1.807) is 6.92 Å². The largest absolute Gasteiger partial charge is 0.480 e. The van der Waals surface area contributed by atoms with Gasteiger partial charge in [0.25, 0.3) is 0 Å². The lowest BCUT2D eigenvalue weighted by Crippen LogP contribution is -2.42. The Morgan fingerprint density at radius 2 is 1.72 bits per heavy atom. The summed E-state index contributed by atoms with van der Waals surface area (Å²) in [4.78, 5) is 22.6. The summed E-state index contributed by atoms with van der Waals surface area (Å²) in [5.74, 6) is -2.27. The predicted octanol–water partition coefficient (Wildman–Crippen LogP) is 1.83. The van der Waals surface area contributed by atoms with E-state index in [2.05, 4.69) is 20.8 Å². The predicted molar refractivity (Wildman–Crippen MR) is 67.1 cm³/mol. The SMILES string of the molecule is CC(CCC(C)(C)C)OC(=O)C(C)(CO)C(=O)O. The summed E-state index contributed by atoms with van der Waals surface area (Å²) in [5, 5.41) is 17.9. The molecule has 0 aliphatic carbocycles. The second kappa shape index (κ2) is 6.18. The van der Waals surface area contributed by atoms with Gasteiger partial charge in [0.2, 0.25) is 0 Å². The van der Waals surface area contributed by atoms with Crippen LogP contribution in [0.2, 0.25) is 0 Å². The number of carboxylic acid groups (broad SMARTS) is 1. The minimum atomic E-state index is -1.88. The van der Waals surface area contributed by atoms with Gasteiger partial charge in [-0.1, -0.05) is 20.8 Å². The van der Waals surface area contributed by atoms with Gasteiger partial charge in [0.1, 0.15) is 0 Å². The van der Waals surface area contributed by atoms with Crippen LogP contribution in [0.5, 0.6) is 0 Å². The molecule has 2 atom stereocenters. The van der Waals surface area contributed by atoms with Gasteiger partial charge in [-0.2, -0.15) is 0 Å². The summed E-state index contributed by atoms with van der Waals surface area (Å²) in [6.45, 7) is 8.36. The van der Waals surface area contributed by atoms with Crippen molar-refractivity contribution in [1.29, 1.82) is 0 Å². The lowest BCUT2D eigenvalue weighted by Gasteiger charge is -2.25. The third-order valence-corrected chi connectivity index (χ3v) is 2.85. The van der Waals surface area contributed by atoms with E-state index in [0.29, 0.717) is 6.42 Å². The lowest BCUT2D eigenvalue weighted by molar-refractivity contribution is -0.173. The molecule has 0 aromatic carbocycles. The maximum atomic E-state index is 11.7. The number of esters is 1. The number of aliphatic hydroxyl groups excluding tert-OH is 1. The topological polar surface area (TPSA) is 83.8 Å². The first kappa shape index (κ1) is 16.9. The highest BCUT2D eigenvalue weighted by molar-refractivity contribution is 5.98. The molecule has 0 aliphatic rings. The molecule has 0 saturated carbocycles.